The van der Waals surface area contributed by atoms with Gasteiger partial charge in [0.2, 0.25) is 11.8 Å². The lowest BCUT2D eigenvalue weighted by Gasteiger charge is -2.34. The Balaban J connectivity index is 1.81. The van der Waals surface area contributed by atoms with Crippen LogP contribution in [0.25, 0.3) is 0 Å². The highest BCUT2D eigenvalue weighted by atomic mass is 35.5. The third kappa shape index (κ3) is 8.87. The number of hydrogen-bond acceptors (Lipinski definition) is 4. The summed E-state index contributed by atoms with van der Waals surface area (Å²) in [5, 5.41) is 3.87. The lowest BCUT2D eigenvalue weighted by molar-refractivity contribution is -0.140. The van der Waals surface area contributed by atoms with Crippen molar-refractivity contribution in [1.82, 2.24) is 10.2 Å². The van der Waals surface area contributed by atoms with Crippen LogP contribution in [-0.2, 0) is 32.6 Å². The summed E-state index contributed by atoms with van der Waals surface area (Å²) in [6.07, 6.45) is 0.909. The van der Waals surface area contributed by atoms with E-state index in [1.165, 1.54) is 17.0 Å². The molecule has 0 fully saturated rings. The summed E-state index contributed by atoms with van der Waals surface area (Å²) < 4.78 is 29.3. The van der Waals surface area contributed by atoms with Gasteiger partial charge in [0, 0.05) is 29.1 Å². The van der Waals surface area contributed by atoms with Gasteiger partial charge < -0.3 is 10.2 Å². The van der Waals surface area contributed by atoms with Crippen molar-refractivity contribution in [3.63, 3.8) is 0 Å². The van der Waals surface area contributed by atoms with Crippen LogP contribution in [0.1, 0.15) is 37.0 Å². The molecule has 0 heterocycles. The first kappa shape index (κ1) is 34.0. The second kappa shape index (κ2) is 15.4. The van der Waals surface area contributed by atoms with Crippen LogP contribution in [0.3, 0.4) is 0 Å². The van der Waals surface area contributed by atoms with Crippen molar-refractivity contribution < 1.29 is 18.0 Å². The molecule has 4 aromatic carbocycles. The summed E-state index contributed by atoms with van der Waals surface area (Å²) in [6.45, 7) is 5.14. The van der Waals surface area contributed by atoms with E-state index in [0.717, 1.165) is 15.4 Å². The second-order valence-electron chi connectivity index (χ2n) is 10.9. The highest BCUT2D eigenvalue weighted by Gasteiger charge is 2.35. The molecule has 236 valence electrons. The van der Waals surface area contributed by atoms with Gasteiger partial charge in [0.15, 0.2) is 0 Å². The van der Waals surface area contributed by atoms with Crippen LogP contribution in [0.5, 0.6) is 0 Å². The largest absolute Gasteiger partial charge is 0.352 e. The molecule has 1 N–H and O–H groups in total. The molecule has 7 nitrogen and oxygen atoms in total. The van der Waals surface area contributed by atoms with Gasteiger partial charge in [-0.05, 0) is 73.9 Å². The van der Waals surface area contributed by atoms with Crippen molar-refractivity contribution in [3.05, 3.63) is 130 Å². The Hall–Kier alpha value is -3.85. The third-order valence-corrected chi connectivity index (χ3v) is 9.98. The monoisotopic (exact) mass is 665 g/mol. The summed E-state index contributed by atoms with van der Waals surface area (Å²) in [5.74, 6) is -0.908. The minimum Gasteiger partial charge on any atom is -0.352 e. The Morgan fingerprint density at radius 3 is 2.09 bits per heavy atom. The zero-order valence-corrected chi connectivity index (χ0v) is 27.8. The van der Waals surface area contributed by atoms with Crippen molar-refractivity contribution in [2.75, 3.05) is 10.8 Å². The van der Waals surface area contributed by atoms with E-state index in [2.05, 4.69) is 5.32 Å². The van der Waals surface area contributed by atoms with Crippen molar-refractivity contribution in [2.24, 2.45) is 0 Å². The SMILES string of the molecule is CC[C@H](C)NC(=O)[C@H](Cc1ccccc1)N(Cc1ccccc1Cl)C(=O)CN(c1ccc(Cl)cc1)S(=O)(=O)c1ccc(C)cc1. The van der Waals surface area contributed by atoms with E-state index in [0.29, 0.717) is 22.0 Å². The van der Waals surface area contributed by atoms with E-state index >= 15 is 0 Å². The van der Waals surface area contributed by atoms with Gasteiger partial charge in [-0.1, -0.05) is 96.4 Å². The number of carbonyl (C=O) groups excluding carboxylic acids is 2. The van der Waals surface area contributed by atoms with E-state index in [1.54, 1.807) is 60.7 Å². The molecule has 0 aliphatic heterocycles. The summed E-state index contributed by atoms with van der Waals surface area (Å²) in [6, 6.07) is 28.1. The number of benzene rings is 4. The molecule has 2 amide bonds. The molecular weight excluding hydrogens is 629 g/mol. The summed E-state index contributed by atoms with van der Waals surface area (Å²) in [4.78, 5) is 29.9. The van der Waals surface area contributed by atoms with Crippen molar-refractivity contribution in [1.29, 1.82) is 0 Å². The quantitative estimate of drug-likeness (QED) is 0.166. The van der Waals surface area contributed by atoms with Gasteiger partial charge in [-0.3, -0.25) is 13.9 Å². The molecule has 10 heteroatoms. The normalized spacial score (nSPS) is 12.6. The van der Waals surface area contributed by atoms with E-state index in [-0.39, 0.29) is 35.5 Å². The number of hydrogen-bond donors (Lipinski definition) is 1. The molecule has 0 radical (unpaired) electrons. The minimum absolute atomic E-state index is 0.0109. The average molecular weight is 667 g/mol. The first-order valence-corrected chi connectivity index (χ1v) is 16.9. The summed E-state index contributed by atoms with van der Waals surface area (Å²) in [7, 11) is -4.20. The van der Waals surface area contributed by atoms with E-state index < -0.39 is 28.5 Å². The van der Waals surface area contributed by atoms with Crippen LogP contribution in [-0.4, -0.2) is 43.8 Å². The highest BCUT2D eigenvalue weighted by Crippen LogP contribution is 2.27. The number of aryl methyl sites for hydroxylation is 1. The zero-order valence-electron chi connectivity index (χ0n) is 25.5. The summed E-state index contributed by atoms with van der Waals surface area (Å²) >= 11 is 12.7. The highest BCUT2D eigenvalue weighted by molar-refractivity contribution is 7.92. The minimum atomic E-state index is -4.20. The summed E-state index contributed by atoms with van der Waals surface area (Å²) in [5.41, 5.74) is 2.63. The number of amides is 2. The van der Waals surface area contributed by atoms with Crippen LogP contribution in [0.2, 0.25) is 10.0 Å². The lowest BCUT2D eigenvalue weighted by Crippen LogP contribution is -2.54. The molecule has 4 aromatic rings. The van der Waals surface area contributed by atoms with E-state index in [4.69, 9.17) is 23.2 Å². The Morgan fingerprint density at radius 2 is 1.47 bits per heavy atom. The first-order valence-electron chi connectivity index (χ1n) is 14.7. The number of nitrogens with one attached hydrogen (secondary N) is 1. The Bertz CT molecular complexity index is 1700. The van der Waals surface area contributed by atoms with Gasteiger partial charge in [0.05, 0.1) is 10.6 Å². The molecule has 0 aromatic heterocycles. The molecule has 0 aliphatic carbocycles. The molecule has 4 rings (SSSR count). The lowest BCUT2D eigenvalue weighted by atomic mass is 10.0. The number of halogens is 2. The zero-order chi connectivity index (χ0) is 32.6. The number of nitrogens with zero attached hydrogens (tertiary/aromatic N) is 2. The third-order valence-electron chi connectivity index (χ3n) is 7.57. The maximum Gasteiger partial charge on any atom is 0.264 e. The molecule has 0 bridgehead atoms. The van der Waals surface area contributed by atoms with Gasteiger partial charge in [0.25, 0.3) is 10.0 Å². The van der Waals surface area contributed by atoms with Crippen molar-refractivity contribution in [2.45, 2.75) is 57.1 Å². The Labute approximate surface area is 275 Å². The molecular formula is C35H37Cl2N3O4S. The number of sulfonamides is 1. The van der Waals surface area contributed by atoms with Crippen LogP contribution in [0.15, 0.2) is 108 Å². The maximum atomic E-state index is 14.5. The molecule has 0 aliphatic rings. The van der Waals surface area contributed by atoms with E-state index in [9.17, 15) is 18.0 Å². The molecule has 2 atom stereocenters. The fourth-order valence-electron chi connectivity index (χ4n) is 4.78. The van der Waals surface area contributed by atoms with Gasteiger partial charge in [-0.25, -0.2) is 8.42 Å². The molecule has 0 spiro atoms. The van der Waals surface area contributed by atoms with Crippen molar-refractivity contribution >= 4 is 50.7 Å². The molecule has 0 saturated carbocycles. The van der Waals surface area contributed by atoms with E-state index in [1.807, 2.05) is 51.1 Å². The second-order valence-corrected chi connectivity index (χ2v) is 13.6. The van der Waals surface area contributed by atoms with Crippen LogP contribution in [0.4, 0.5) is 5.69 Å². The smallest absolute Gasteiger partial charge is 0.264 e. The maximum absolute atomic E-state index is 14.5. The Kier molecular flexibility index (Phi) is 11.7. The fraction of sp³-hybridized carbons (Fsp3) is 0.257. The molecule has 0 saturated heterocycles. The average Bonchev–Trinajstić information content (AvgIpc) is 3.03. The standard InChI is InChI=1S/C35H37Cl2N3O4S/c1-4-26(3)38-35(42)33(22-27-10-6-5-7-11-27)39(23-28-12-8-9-13-32(28)37)34(41)24-40(30-18-16-29(36)17-19-30)45(43,44)31-20-14-25(2)15-21-31/h5-21,26,33H,4,22-24H2,1-3H3,(H,38,42)/t26-,33-/m0/s1. The first-order chi connectivity index (χ1) is 21.5. The predicted molar refractivity (Wildman–Crippen MR) is 181 cm³/mol. The van der Waals surface area contributed by atoms with Gasteiger partial charge in [-0.15, -0.1) is 0 Å². The van der Waals surface area contributed by atoms with Crippen LogP contribution >= 0.6 is 23.2 Å². The number of rotatable bonds is 13. The number of carbonyl (C=O) groups is 2. The van der Waals surface area contributed by atoms with Crippen LogP contribution < -0.4 is 9.62 Å². The predicted octanol–water partition coefficient (Wildman–Crippen LogP) is 7.05. The van der Waals surface area contributed by atoms with Gasteiger partial charge >= 0.3 is 0 Å². The topological polar surface area (TPSA) is 86.8 Å². The van der Waals surface area contributed by atoms with Crippen molar-refractivity contribution in [3.8, 4) is 0 Å². The van der Waals surface area contributed by atoms with Gasteiger partial charge in [0.1, 0.15) is 12.6 Å². The van der Waals surface area contributed by atoms with Gasteiger partial charge in [-0.2, -0.15) is 0 Å². The fourth-order valence-corrected chi connectivity index (χ4v) is 6.51. The van der Waals surface area contributed by atoms with Crippen LogP contribution in [0, 0.1) is 6.92 Å². The number of anilines is 1. The Morgan fingerprint density at radius 1 is 0.844 bits per heavy atom. The molecule has 0 unspecified atom stereocenters. The molecule has 45 heavy (non-hydrogen) atoms.